The Hall–Kier alpha value is -3.93. The monoisotopic (exact) mass is 657 g/mol. The van der Waals surface area contributed by atoms with E-state index < -0.39 is 29.5 Å². The van der Waals surface area contributed by atoms with E-state index in [1.165, 1.54) is 29.9 Å². The Morgan fingerprint density at radius 1 is 1.15 bits per heavy atom. The van der Waals surface area contributed by atoms with Gasteiger partial charge in [0.05, 0.1) is 35.9 Å². The van der Waals surface area contributed by atoms with E-state index in [1.54, 1.807) is 36.1 Å². The van der Waals surface area contributed by atoms with Gasteiger partial charge in [0.1, 0.15) is 23.2 Å². The third-order valence-electron chi connectivity index (χ3n) is 9.14. The lowest BCUT2D eigenvalue weighted by atomic mass is 9.85. The average molecular weight is 658 g/mol. The minimum absolute atomic E-state index is 0.0426. The molecule has 1 fully saturated rings. The zero-order valence-corrected chi connectivity index (χ0v) is 27.1. The van der Waals surface area contributed by atoms with Crippen molar-refractivity contribution in [2.45, 2.75) is 84.0 Å². The summed E-state index contributed by atoms with van der Waals surface area (Å²) in [5.41, 5.74) is -0.509. The lowest BCUT2D eigenvalue weighted by molar-refractivity contribution is -0.140. The number of fused-ring (bicyclic) bond motifs is 1. The SMILES string of the molecule is CCOc1ccc(-n2c(C(C)N(CCC(C)NCC3CCC3)C(=O)Cc3ccc(F)c(C(F)(F)F)c3)nc3c(c2=O)CCCN3)cc1. The smallest absolute Gasteiger partial charge is 0.419 e. The predicted octanol–water partition coefficient (Wildman–Crippen LogP) is 6.45. The molecule has 1 amide bonds. The van der Waals surface area contributed by atoms with Crippen LogP contribution in [0.25, 0.3) is 5.69 Å². The van der Waals surface area contributed by atoms with Crippen molar-refractivity contribution in [2.75, 3.05) is 31.6 Å². The van der Waals surface area contributed by atoms with Gasteiger partial charge in [-0.1, -0.05) is 12.5 Å². The van der Waals surface area contributed by atoms with Crippen LogP contribution in [0.1, 0.15) is 81.4 Å². The van der Waals surface area contributed by atoms with Gasteiger partial charge in [-0.25, -0.2) is 9.37 Å². The molecule has 2 aromatic carbocycles. The lowest BCUT2D eigenvalue weighted by Crippen LogP contribution is -2.42. The number of halogens is 4. The minimum Gasteiger partial charge on any atom is -0.494 e. The van der Waals surface area contributed by atoms with Gasteiger partial charge >= 0.3 is 6.18 Å². The van der Waals surface area contributed by atoms with Crippen molar-refractivity contribution in [1.82, 2.24) is 19.8 Å². The molecule has 1 aromatic heterocycles. The highest BCUT2D eigenvalue weighted by molar-refractivity contribution is 5.79. The molecule has 254 valence electrons. The van der Waals surface area contributed by atoms with Crippen LogP contribution in [0.5, 0.6) is 5.75 Å². The number of hydrogen-bond acceptors (Lipinski definition) is 6. The van der Waals surface area contributed by atoms with Crippen molar-refractivity contribution in [1.29, 1.82) is 0 Å². The molecule has 0 saturated heterocycles. The summed E-state index contributed by atoms with van der Waals surface area (Å²) >= 11 is 0. The van der Waals surface area contributed by atoms with Gasteiger partial charge in [0.2, 0.25) is 5.91 Å². The van der Waals surface area contributed by atoms with Gasteiger partial charge in [0.15, 0.2) is 0 Å². The van der Waals surface area contributed by atoms with Gasteiger partial charge in [0.25, 0.3) is 5.56 Å². The maximum Gasteiger partial charge on any atom is 0.419 e. The number of nitrogens with one attached hydrogen (secondary N) is 2. The highest BCUT2D eigenvalue weighted by Gasteiger charge is 2.35. The number of carbonyl (C=O) groups is 1. The van der Waals surface area contributed by atoms with Gasteiger partial charge in [-0.3, -0.25) is 14.2 Å². The molecule has 1 saturated carbocycles. The second-order valence-electron chi connectivity index (χ2n) is 12.5. The number of nitrogens with zero attached hydrogens (tertiary/aromatic N) is 3. The third-order valence-corrected chi connectivity index (χ3v) is 9.14. The topological polar surface area (TPSA) is 88.5 Å². The molecular formula is C35H43F4N5O3. The Morgan fingerprint density at radius 2 is 1.89 bits per heavy atom. The summed E-state index contributed by atoms with van der Waals surface area (Å²) in [7, 11) is 0. The van der Waals surface area contributed by atoms with E-state index in [4.69, 9.17) is 9.72 Å². The quantitative estimate of drug-likeness (QED) is 0.206. The highest BCUT2D eigenvalue weighted by Crippen LogP contribution is 2.33. The fourth-order valence-electron chi connectivity index (χ4n) is 6.15. The maximum absolute atomic E-state index is 14.1. The number of aromatic nitrogens is 2. The molecule has 2 N–H and O–H groups in total. The van der Waals surface area contributed by atoms with Crippen molar-refractivity contribution in [3.63, 3.8) is 0 Å². The van der Waals surface area contributed by atoms with Crippen LogP contribution < -0.4 is 20.9 Å². The summed E-state index contributed by atoms with van der Waals surface area (Å²) in [5.74, 6) is 0.236. The molecule has 12 heteroatoms. The zero-order chi connectivity index (χ0) is 33.7. The van der Waals surface area contributed by atoms with Crippen LogP contribution in [-0.2, 0) is 23.8 Å². The van der Waals surface area contributed by atoms with E-state index in [-0.39, 0.29) is 30.1 Å². The van der Waals surface area contributed by atoms with Crippen LogP contribution in [-0.4, -0.2) is 52.6 Å². The van der Waals surface area contributed by atoms with Crippen LogP contribution in [0.4, 0.5) is 23.4 Å². The van der Waals surface area contributed by atoms with Gasteiger partial charge in [-0.2, -0.15) is 13.2 Å². The van der Waals surface area contributed by atoms with Crippen LogP contribution in [0, 0.1) is 11.7 Å². The number of carbonyl (C=O) groups excluding carboxylic acids is 1. The first kappa shape index (κ1) is 34.4. The maximum atomic E-state index is 14.1. The molecule has 0 bridgehead atoms. The number of rotatable bonds is 13. The lowest BCUT2D eigenvalue weighted by Gasteiger charge is -2.33. The van der Waals surface area contributed by atoms with Crippen molar-refractivity contribution in [3.8, 4) is 11.4 Å². The van der Waals surface area contributed by atoms with E-state index in [1.807, 2.05) is 13.8 Å². The summed E-state index contributed by atoms with van der Waals surface area (Å²) in [6.07, 6.45) is 0.240. The standard InChI is InChI=1S/C35H43F4N5O3/c1-4-47-27-13-11-26(12-14-27)44-33(42-32-28(34(44)46)9-6-17-40-32)23(3)43(18-16-22(2)41-21-24-7-5-8-24)31(45)20-25-10-15-30(36)29(19-25)35(37,38)39/h10-15,19,22-24,40-41H,4-9,16-18,20-21H2,1-3H3. The Bertz CT molecular complexity index is 1600. The molecule has 2 heterocycles. The minimum atomic E-state index is -4.90. The van der Waals surface area contributed by atoms with Gasteiger partial charge in [-0.05, 0) is 107 Å². The number of hydrogen-bond donors (Lipinski definition) is 2. The van der Waals surface area contributed by atoms with Crippen LogP contribution in [0.3, 0.4) is 0 Å². The summed E-state index contributed by atoms with van der Waals surface area (Å²) in [5, 5.41) is 6.77. The van der Waals surface area contributed by atoms with E-state index in [2.05, 4.69) is 10.6 Å². The molecule has 1 aliphatic heterocycles. The van der Waals surface area contributed by atoms with Crippen LogP contribution in [0.15, 0.2) is 47.3 Å². The van der Waals surface area contributed by atoms with E-state index in [0.717, 1.165) is 19.0 Å². The molecule has 2 unspecified atom stereocenters. The Balaban J connectivity index is 1.50. The summed E-state index contributed by atoms with van der Waals surface area (Å²) in [6.45, 7) is 7.97. The molecule has 5 rings (SSSR count). The van der Waals surface area contributed by atoms with E-state index >= 15 is 0 Å². The first-order valence-corrected chi connectivity index (χ1v) is 16.5. The third kappa shape index (κ3) is 8.14. The fourth-order valence-corrected chi connectivity index (χ4v) is 6.15. The molecule has 2 atom stereocenters. The van der Waals surface area contributed by atoms with Crippen molar-refractivity contribution >= 4 is 11.7 Å². The summed E-state index contributed by atoms with van der Waals surface area (Å²) < 4.78 is 61.7. The van der Waals surface area contributed by atoms with Crippen molar-refractivity contribution in [3.05, 3.63) is 81.2 Å². The van der Waals surface area contributed by atoms with E-state index in [0.29, 0.717) is 66.6 Å². The Morgan fingerprint density at radius 3 is 2.55 bits per heavy atom. The zero-order valence-electron chi connectivity index (χ0n) is 27.1. The largest absolute Gasteiger partial charge is 0.494 e. The number of alkyl halides is 3. The normalized spacial score (nSPS) is 16.1. The molecule has 47 heavy (non-hydrogen) atoms. The second-order valence-corrected chi connectivity index (χ2v) is 12.5. The number of ether oxygens (including phenoxy) is 1. The molecule has 2 aliphatic rings. The molecular weight excluding hydrogens is 614 g/mol. The van der Waals surface area contributed by atoms with E-state index in [9.17, 15) is 27.2 Å². The summed E-state index contributed by atoms with van der Waals surface area (Å²) in [6, 6.07) is 9.02. The number of anilines is 1. The number of benzene rings is 2. The van der Waals surface area contributed by atoms with Crippen LogP contribution >= 0.6 is 0 Å². The fraction of sp³-hybridized carbons (Fsp3) is 0.514. The molecule has 0 radical (unpaired) electrons. The van der Waals surface area contributed by atoms with Gasteiger partial charge in [0, 0.05) is 19.1 Å². The van der Waals surface area contributed by atoms with Crippen molar-refractivity contribution < 1.29 is 27.1 Å². The van der Waals surface area contributed by atoms with Crippen LogP contribution in [0.2, 0.25) is 0 Å². The molecule has 0 spiro atoms. The highest BCUT2D eigenvalue weighted by atomic mass is 19.4. The summed E-state index contributed by atoms with van der Waals surface area (Å²) in [4.78, 5) is 34.5. The van der Waals surface area contributed by atoms with Crippen molar-refractivity contribution in [2.24, 2.45) is 5.92 Å². The van der Waals surface area contributed by atoms with Gasteiger partial charge < -0.3 is 20.3 Å². The predicted molar refractivity (Wildman–Crippen MR) is 172 cm³/mol. The second kappa shape index (κ2) is 14.9. The Kier molecular flexibility index (Phi) is 10.9. The molecule has 8 nitrogen and oxygen atoms in total. The molecule has 1 aliphatic carbocycles. The average Bonchev–Trinajstić information content (AvgIpc) is 3.01. The van der Waals surface area contributed by atoms with Gasteiger partial charge in [-0.15, -0.1) is 0 Å². The molecule has 3 aromatic rings. The Labute approximate surface area is 272 Å². The first-order valence-electron chi connectivity index (χ1n) is 16.5. The first-order chi connectivity index (χ1) is 22.5. The number of amides is 1.